The third kappa shape index (κ3) is 4.58. The SMILES string of the molecule is CC(=O)c1ccc(S(=O)(=O)N2CCC(C(=O)Nc3ccc(-n4cnnn4)cc3)CC2)cc1. The lowest BCUT2D eigenvalue weighted by Crippen LogP contribution is -2.41. The molecule has 0 radical (unpaired) electrons. The molecule has 11 heteroatoms. The van der Waals surface area contributed by atoms with Crippen LogP contribution in [0.3, 0.4) is 0 Å². The summed E-state index contributed by atoms with van der Waals surface area (Å²) in [6, 6.07) is 13.0. The fourth-order valence-electron chi connectivity index (χ4n) is 3.59. The fourth-order valence-corrected chi connectivity index (χ4v) is 5.06. The maximum Gasteiger partial charge on any atom is 0.243 e. The number of aromatic nitrogens is 4. The molecule has 0 aliphatic carbocycles. The highest BCUT2D eigenvalue weighted by Crippen LogP contribution is 2.25. The Bertz CT molecular complexity index is 1200. The van der Waals surface area contributed by atoms with Crippen LogP contribution in [0.25, 0.3) is 5.69 Å². The molecular weight excluding hydrogens is 432 g/mol. The number of piperidine rings is 1. The number of sulfonamides is 1. The average Bonchev–Trinajstić information content (AvgIpc) is 3.35. The quantitative estimate of drug-likeness (QED) is 0.564. The van der Waals surface area contributed by atoms with E-state index in [4.69, 9.17) is 0 Å². The molecule has 1 amide bonds. The van der Waals surface area contributed by atoms with Crippen molar-refractivity contribution in [1.29, 1.82) is 0 Å². The first-order valence-corrected chi connectivity index (χ1v) is 11.5. The van der Waals surface area contributed by atoms with Crippen LogP contribution in [0.1, 0.15) is 30.1 Å². The number of carbonyl (C=O) groups is 2. The van der Waals surface area contributed by atoms with Gasteiger partial charge in [-0.25, -0.2) is 13.1 Å². The van der Waals surface area contributed by atoms with Crippen molar-refractivity contribution in [1.82, 2.24) is 24.5 Å². The number of ketones is 1. The van der Waals surface area contributed by atoms with Gasteiger partial charge in [0.25, 0.3) is 0 Å². The summed E-state index contributed by atoms with van der Waals surface area (Å²) >= 11 is 0. The van der Waals surface area contributed by atoms with Crippen molar-refractivity contribution in [2.24, 2.45) is 5.92 Å². The van der Waals surface area contributed by atoms with Crippen LogP contribution in [0, 0.1) is 5.92 Å². The van der Waals surface area contributed by atoms with Crippen molar-refractivity contribution in [3.8, 4) is 5.69 Å². The predicted octanol–water partition coefficient (Wildman–Crippen LogP) is 1.90. The Balaban J connectivity index is 1.34. The number of nitrogens with zero attached hydrogens (tertiary/aromatic N) is 5. The summed E-state index contributed by atoms with van der Waals surface area (Å²) in [5, 5.41) is 13.9. The largest absolute Gasteiger partial charge is 0.326 e. The van der Waals surface area contributed by atoms with Gasteiger partial charge < -0.3 is 5.32 Å². The lowest BCUT2D eigenvalue weighted by atomic mass is 9.97. The molecule has 1 fully saturated rings. The van der Waals surface area contributed by atoms with Crippen LogP contribution in [0.5, 0.6) is 0 Å². The molecule has 0 bridgehead atoms. The molecule has 2 aromatic carbocycles. The van der Waals surface area contributed by atoms with Gasteiger partial charge >= 0.3 is 0 Å². The Kier molecular flexibility index (Phi) is 6.10. The first-order chi connectivity index (χ1) is 15.3. The van der Waals surface area contributed by atoms with Gasteiger partial charge in [-0.2, -0.15) is 4.31 Å². The zero-order valence-corrected chi connectivity index (χ0v) is 18.2. The van der Waals surface area contributed by atoms with E-state index in [1.165, 1.54) is 46.5 Å². The van der Waals surface area contributed by atoms with Crippen LogP contribution in [0.4, 0.5) is 5.69 Å². The van der Waals surface area contributed by atoms with Gasteiger partial charge in [-0.3, -0.25) is 9.59 Å². The number of rotatable bonds is 6. The van der Waals surface area contributed by atoms with E-state index in [1.807, 2.05) is 0 Å². The minimum atomic E-state index is -3.67. The van der Waals surface area contributed by atoms with E-state index >= 15 is 0 Å². The highest BCUT2D eigenvalue weighted by molar-refractivity contribution is 7.89. The van der Waals surface area contributed by atoms with Gasteiger partial charge in [0.1, 0.15) is 6.33 Å². The zero-order valence-electron chi connectivity index (χ0n) is 17.4. The molecule has 0 spiro atoms. The summed E-state index contributed by atoms with van der Waals surface area (Å²) in [4.78, 5) is 24.2. The summed E-state index contributed by atoms with van der Waals surface area (Å²) in [6.45, 7) is 1.95. The maximum absolute atomic E-state index is 12.9. The summed E-state index contributed by atoms with van der Waals surface area (Å²) in [7, 11) is -3.67. The van der Waals surface area contributed by atoms with Gasteiger partial charge in [0, 0.05) is 30.3 Å². The number of nitrogens with one attached hydrogen (secondary N) is 1. The first-order valence-electron chi connectivity index (χ1n) is 10.1. The van der Waals surface area contributed by atoms with Crippen molar-refractivity contribution >= 4 is 27.4 Å². The van der Waals surface area contributed by atoms with Crippen LogP contribution >= 0.6 is 0 Å². The molecule has 3 aromatic rings. The Labute approximate surface area is 185 Å². The minimum Gasteiger partial charge on any atom is -0.326 e. The van der Waals surface area contributed by atoms with Gasteiger partial charge in [0.05, 0.1) is 10.6 Å². The van der Waals surface area contributed by atoms with E-state index in [9.17, 15) is 18.0 Å². The maximum atomic E-state index is 12.9. The number of hydrogen-bond donors (Lipinski definition) is 1. The monoisotopic (exact) mass is 454 g/mol. The standard InChI is InChI=1S/C21H22N6O4S/c1-15(28)16-2-8-20(9-3-16)32(30,31)26-12-10-17(11-13-26)21(29)23-18-4-6-19(7-5-18)27-14-22-24-25-27/h2-9,14,17H,10-13H2,1H3,(H,23,29). The molecule has 0 unspecified atom stereocenters. The topological polar surface area (TPSA) is 127 Å². The Morgan fingerprint density at radius 3 is 2.22 bits per heavy atom. The molecular formula is C21H22N6O4S. The number of carbonyl (C=O) groups excluding carboxylic acids is 2. The molecule has 1 aromatic heterocycles. The van der Waals surface area contributed by atoms with Crippen LogP contribution < -0.4 is 5.32 Å². The molecule has 166 valence electrons. The number of hydrogen-bond acceptors (Lipinski definition) is 7. The highest BCUT2D eigenvalue weighted by Gasteiger charge is 2.32. The Morgan fingerprint density at radius 1 is 1.00 bits per heavy atom. The minimum absolute atomic E-state index is 0.120. The lowest BCUT2D eigenvalue weighted by molar-refractivity contribution is -0.120. The normalized spacial score (nSPS) is 15.4. The van der Waals surface area contributed by atoms with E-state index in [-0.39, 0.29) is 35.6 Å². The highest BCUT2D eigenvalue weighted by atomic mass is 32.2. The van der Waals surface area contributed by atoms with Gasteiger partial charge in [-0.1, -0.05) is 12.1 Å². The van der Waals surface area contributed by atoms with Crippen molar-refractivity contribution in [3.63, 3.8) is 0 Å². The summed E-state index contributed by atoms with van der Waals surface area (Å²) < 4.78 is 28.7. The molecule has 1 aliphatic heterocycles. The third-order valence-corrected chi connectivity index (χ3v) is 7.38. The number of tetrazole rings is 1. The van der Waals surface area contributed by atoms with Crippen molar-refractivity contribution < 1.29 is 18.0 Å². The molecule has 1 aliphatic rings. The van der Waals surface area contributed by atoms with Crippen molar-refractivity contribution in [3.05, 3.63) is 60.4 Å². The van der Waals surface area contributed by atoms with E-state index in [0.29, 0.717) is 24.1 Å². The van der Waals surface area contributed by atoms with E-state index in [2.05, 4.69) is 20.8 Å². The van der Waals surface area contributed by atoms with Crippen molar-refractivity contribution in [2.75, 3.05) is 18.4 Å². The van der Waals surface area contributed by atoms with Crippen LogP contribution in [-0.4, -0.2) is 57.7 Å². The second kappa shape index (κ2) is 8.97. The molecule has 1 saturated heterocycles. The zero-order chi connectivity index (χ0) is 22.7. The van der Waals surface area contributed by atoms with E-state index < -0.39 is 10.0 Å². The van der Waals surface area contributed by atoms with E-state index in [1.54, 1.807) is 24.3 Å². The van der Waals surface area contributed by atoms with Gasteiger partial charge in [-0.05, 0) is 66.6 Å². The molecule has 2 heterocycles. The average molecular weight is 455 g/mol. The number of amides is 1. The molecule has 4 rings (SSSR count). The molecule has 10 nitrogen and oxygen atoms in total. The van der Waals surface area contributed by atoms with Gasteiger partial charge in [0.2, 0.25) is 15.9 Å². The molecule has 0 saturated carbocycles. The fraction of sp³-hybridized carbons (Fsp3) is 0.286. The Morgan fingerprint density at radius 2 is 1.66 bits per heavy atom. The number of Topliss-reactive ketones (excluding diaryl/α,β-unsaturated/α-hetero) is 1. The van der Waals surface area contributed by atoms with Crippen molar-refractivity contribution in [2.45, 2.75) is 24.7 Å². The lowest BCUT2D eigenvalue weighted by Gasteiger charge is -2.30. The summed E-state index contributed by atoms with van der Waals surface area (Å²) in [5.74, 6) is -0.533. The Hall–Kier alpha value is -3.44. The van der Waals surface area contributed by atoms with Crippen LogP contribution in [0.15, 0.2) is 59.8 Å². The number of anilines is 1. The number of benzene rings is 2. The van der Waals surface area contributed by atoms with E-state index in [0.717, 1.165) is 5.69 Å². The van der Waals surface area contributed by atoms with Gasteiger partial charge in [-0.15, -0.1) is 5.10 Å². The second-order valence-electron chi connectivity index (χ2n) is 7.55. The third-order valence-electron chi connectivity index (χ3n) is 5.47. The van der Waals surface area contributed by atoms with Gasteiger partial charge in [0.15, 0.2) is 5.78 Å². The summed E-state index contributed by atoms with van der Waals surface area (Å²) in [6.07, 6.45) is 2.34. The summed E-state index contributed by atoms with van der Waals surface area (Å²) in [5.41, 5.74) is 1.88. The smallest absolute Gasteiger partial charge is 0.243 e. The first kappa shape index (κ1) is 21.8. The molecule has 0 atom stereocenters. The molecule has 32 heavy (non-hydrogen) atoms. The second-order valence-corrected chi connectivity index (χ2v) is 9.49. The van der Waals surface area contributed by atoms with Crippen LogP contribution in [-0.2, 0) is 14.8 Å². The van der Waals surface area contributed by atoms with Crippen LogP contribution in [0.2, 0.25) is 0 Å². The molecule has 1 N–H and O–H groups in total. The predicted molar refractivity (Wildman–Crippen MR) is 116 cm³/mol.